The lowest BCUT2D eigenvalue weighted by atomic mass is 10.2. The largest absolute Gasteiger partial charge is 0.349 e. The Morgan fingerprint density at radius 3 is 2.92 bits per heavy atom. The number of thioether (sulfide) groups is 1. The van der Waals surface area contributed by atoms with E-state index in [9.17, 15) is 4.79 Å². The molecule has 1 atom stereocenters. The van der Waals surface area contributed by atoms with Gasteiger partial charge in [-0.05, 0) is 6.42 Å². The highest BCUT2D eigenvalue weighted by Gasteiger charge is 2.15. The summed E-state index contributed by atoms with van der Waals surface area (Å²) in [6.07, 6.45) is 1.70. The maximum atomic E-state index is 11.3. The topological polar surface area (TPSA) is 32.3 Å². The fourth-order valence-corrected chi connectivity index (χ4v) is 2.43. The van der Waals surface area contributed by atoms with E-state index in [1.807, 2.05) is 25.9 Å². The Hall–Kier alpha value is -0.220. The van der Waals surface area contributed by atoms with Gasteiger partial charge in [-0.3, -0.25) is 4.79 Å². The van der Waals surface area contributed by atoms with E-state index >= 15 is 0 Å². The van der Waals surface area contributed by atoms with Gasteiger partial charge in [-0.2, -0.15) is 11.8 Å². The van der Waals surface area contributed by atoms with E-state index in [2.05, 4.69) is 5.32 Å². The Morgan fingerprint density at radius 2 is 2.38 bits per heavy atom. The molecular formula is C9H18N2OS. The number of hydrogen-bond acceptors (Lipinski definition) is 3. The summed E-state index contributed by atoms with van der Waals surface area (Å²) < 4.78 is 0. The average molecular weight is 202 g/mol. The molecule has 0 saturated carbocycles. The zero-order chi connectivity index (χ0) is 9.68. The molecule has 1 aliphatic heterocycles. The van der Waals surface area contributed by atoms with Gasteiger partial charge in [0.2, 0.25) is 5.91 Å². The van der Waals surface area contributed by atoms with Gasteiger partial charge in [0.15, 0.2) is 0 Å². The Labute approximate surface area is 84.2 Å². The molecule has 1 saturated heterocycles. The molecule has 1 heterocycles. The first-order valence-corrected chi connectivity index (χ1v) is 5.77. The number of carbonyl (C=O) groups excluding carboxylic acids is 1. The second-order valence-corrected chi connectivity index (χ2v) is 4.93. The highest BCUT2D eigenvalue weighted by atomic mass is 32.2. The summed E-state index contributed by atoms with van der Waals surface area (Å²) >= 11 is 1.98. The van der Waals surface area contributed by atoms with Gasteiger partial charge in [0.25, 0.3) is 0 Å². The van der Waals surface area contributed by atoms with Crippen LogP contribution in [0.3, 0.4) is 0 Å². The van der Waals surface area contributed by atoms with Crippen LogP contribution in [0.4, 0.5) is 0 Å². The van der Waals surface area contributed by atoms with Gasteiger partial charge in [-0.25, -0.2) is 0 Å². The molecule has 3 nitrogen and oxygen atoms in total. The fourth-order valence-electron chi connectivity index (χ4n) is 1.31. The summed E-state index contributed by atoms with van der Waals surface area (Å²) in [5.74, 6) is 1.42. The molecule has 1 amide bonds. The Balaban J connectivity index is 2.13. The lowest BCUT2D eigenvalue weighted by Crippen LogP contribution is -2.33. The standard InChI is InChI=1S/C9H18N2OS/c1-11(2)9(12)4-3-8-7-10-5-6-13-8/h8,10H,3-7H2,1-2H3. The Bertz CT molecular complexity index is 167. The van der Waals surface area contributed by atoms with Crippen LogP contribution in [0.1, 0.15) is 12.8 Å². The van der Waals surface area contributed by atoms with Crippen LogP contribution in [0.15, 0.2) is 0 Å². The van der Waals surface area contributed by atoms with Crippen molar-refractivity contribution in [2.24, 2.45) is 0 Å². The van der Waals surface area contributed by atoms with Crippen molar-refractivity contribution in [1.82, 2.24) is 10.2 Å². The average Bonchev–Trinajstić information content (AvgIpc) is 2.15. The van der Waals surface area contributed by atoms with Crippen molar-refractivity contribution in [1.29, 1.82) is 0 Å². The number of rotatable bonds is 3. The van der Waals surface area contributed by atoms with E-state index < -0.39 is 0 Å². The van der Waals surface area contributed by atoms with Gasteiger partial charge < -0.3 is 10.2 Å². The summed E-state index contributed by atoms with van der Waals surface area (Å²) in [6.45, 7) is 2.17. The molecule has 1 aliphatic rings. The van der Waals surface area contributed by atoms with Crippen molar-refractivity contribution in [3.8, 4) is 0 Å². The highest BCUT2D eigenvalue weighted by molar-refractivity contribution is 8.00. The van der Waals surface area contributed by atoms with Crippen molar-refractivity contribution in [3.63, 3.8) is 0 Å². The highest BCUT2D eigenvalue weighted by Crippen LogP contribution is 2.18. The first-order valence-electron chi connectivity index (χ1n) is 4.72. The maximum Gasteiger partial charge on any atom is 0.222 e. The second-order valence-electron chi connectivity index (χ2n) is 3.52. The normalized spacial score (nSPS) is 22.8. The smallest absolute Gasteiger partial charge is 0.222 e. The molecule has 0 aromatic rings. The molecule has 13 heavy (non-hydrogen) atoms. The summed E-state index contributed by atoms with van der Waals surface area (Å²) in [6, 6.07) is 0. The van der Waals surface area contributed by atoms with Crippen molar-refractivity contribution in [2.75, 3.05) is 32.9 Å². The van der Waals surface area contributed by atoms with E-state index in [1.165, 1.54) is 5.75 Å². The molecule has 0 aliphatic carbocycles. The summed E-state index contributed by atoms with van der Waals surface area (Å²) in [7, 11) is 3.63. The molecule has 1 N–H and O–H groups in total. The molecule has 4 heteroatoms. The third-order valence-electron chi connectivity index (χ3n) is 2.18. The van der Waals surface area contributed by atoms with E-state index in [-0.39, 0.29) is 5.91 Å². The van der Waals surface area contributed by atoms with E-state index in [0.29, 0.717) is 11.7 Å². The van der Waals surface area contributed by atoms with Gasteiger partial charge in [-0.15, -0.1) is 0 Å². The Kier molecular flexibility index (Phi) is 4.59. The van der Waals surface area contributed by atoms with Crippen LogP contribution in [0.5, 0.6) is 0 Å². The molecule has 0 aromatic heterocycles. The summed E-state index contributed by atoms with van der Waals surface area (Å²) in [5.41, 5.74) is 0. The van der Waals surface area contributed by atoms with Crippen molar-refractivity contribution in [3.05, 3.63) is 0 Å². The summed E-state index contributed by atoms with van der Waals surface area (Å²) in [4.78, 5) is 12.9. The fraction of sp³-hybridized carbons (Fsp3) is 0.889. The SMILES string of the molecule is CN(C)C(=O)CCC1CNCCS1. The van der Waals surface area contributed by atoms with Crippen LogP contribution >= 0.6 is 11.8 Å². The number of carbonyl (C=O) groups is 1. The minimum atomic E-state index is 0.242. The van der Waals surface area contributed by atoms with Crippen LogP contribution in [-0.2, 0) is 4.79 Å². The Morgan fingerprint density at radius 1 is 1.62 bits per heavy atom. The van der Waals surface area contributed by atoms with Crippen LogP contribution in [0.2, 0.25) is 0 Å². The monoisotopic (exact) mass is 202 g/mol. The van der Waals surface area contributed by atoms with Crippen LogP contribution in [0.25, 0.3) is 0 Å². The zero-order valence-corrected chi connectivity index (χ0v) is 9.19. The number of nitrogens with zero attached hydrogens (tertiary/aromatic N) is 1. The molecule has 76 valence electrons. The number of hydrogen-bond donors (Lipinski definition) is 1. The third-order valence-corrected chi connectivity index (χ3v) is 3.50. The van der Waals surface area contributed by atoms with Gasteiger partial charge in [0, 0.05) is 44.6 Å². The van der Waals surface area contributed by atoms with Crippen molar-refractivity contribution >= 4 is 17.7 Å². The summed E-state index contributed by atoms with van der Waals surface area (Å²) in [5, 5.41) is 3.98. The zero-order valence-electron chi connectivity index (χ0n) is 8.38. The van der Waals surface area contributed by atoms with Crippen molar-refractivity contribution < 1.29 is 4.79 Å². The maximum absolute atomic E-state index is 11.3. The predicted molar refractivity (Wildman–Crippen MR) is 57.0 cm³/mol. The predicted octanol–water partition coefficient (Wildman–Crippen LogP) is 0.560. The van der Waals surface area contributed by atoms with E-state index in [0.717, 1.165) is 19.5 Å². The van der Waals surface area contributed by atoms with Crippen LogP contribution in [-0.4, -0.2) is 49.0 Å². The molecule has 0 aromatic carbocycles. The van der Waals surface area contributed by atoms with Crippen LogP contribution in [0, 0.1) is 0 Å². The lowest BCUT2D eigenvalue weighted by Gasteiger charge is -2.22. The van der Waals surface area contributed by atoms with E-state index in [1.54, 1.807) is 4.90 Å². The molecule has 1 fully saturated rings. The molecule has 1 unspecified atom stereocenters. The molecule has 0 spiro atoms. The molecule has 1 rings (SSSR count). The first kappa shape index (κ1) is 10.9. The number of amides is 1. The quantitative estimate of drug-likeness (QED) is 0.726. The minimum Gasteiger partial charge on any atom is -0.349 e. The lowest BCUT2D eigenvalue weighted by molar-refractivity contribution is -0.128. The molecule has 0 radical (unpaired) electrons. The number of nitrogens with one attached hydrogen (secondary N) is 1. The van der Waals surface area contributed by atoms with Gasteiger partial charge in [-0.1, -0.05) is 0 Å². The minimum absolute atomic E-state index is 0.242. The van der Waals surface area contributed by atoms with E-state index in [4.69, 9.17) is 0 Å². The first-order chi connectivity index (χ1) is 6.20. The van der Waals surface area contributed by atoms with Gasteiger partial charge in [0.05, 0.1) is 0 Å². The van der Waals surface area contributed by atoms with Crippen LogP contribution < -0.4 is 5.32 Å². The van der Waals surface area contributed by atoms with Gasteiger partial charge in [0.1, 0.15) is 0 Å². The van der Waals surface area contributed by atoms with Crippen molar-refractivity contribution in [2.45, 2.75) is 18.1 Å². The third kappa shape index (κ3) is 4.00. The van der Waals surface area contributed by atoms with Gasteiger partial charge >= 0.3 is 0 Å². The second kappa shape index (κ2) is 5.50. The molecule has 0 bridgehead atoms. The molecular weight excluding hydrogens is 184 g/mol.